The number of hydrogen-bond acceptors (Lipinski definition) is 2. The van der Waals surface area contributed by atoms with E-state index in [4.69, 9.17) is 5.73 Å². The molecule has 18 heavy (non-hydrogen) atoms. The SMILES string of the molecule is CC(Cc1ccc(F)cc1)n1cncc1CCN. The summed E-state index contributed by atoms with van der Waals surface area (Å²) in [6.45, 7) is 2.75. The van der Waals surface area contributed by atoms with Crippen molar-refractivity contribution in [1.82, 2.24) is 9.55 Å². The van der Waals surface area contributed by atoms with Gasteiger partial charge in [0.15, 0.2) is 0 Å². The summed E-state index contributed by atoms with van der Waals surface area (Å²) in [4.78, 5) is 4.16. The molecule has 0 saturated heterocycles. The summed E-state index contributed by atoms with van der Waals surface area (Å²) in [6.07, 6.45) is 5.37. The van der Waals surface area contributed by atoms with Crippen molar-refractivity contribution in [3.8, 4) is 0 Å². The van der Waals surface area contributed by atoms with Crippen LogP contribution in [-0.4, -0.2) is 16.1 Å². The molecular weight excluding hydrogens is 229 g/mol. The average Bonchev–Trinajstić information content (AvgIpc) is 2.81. The zero-order chi connectivity index (χ0) is 13.0. The molecule has 0 bridgehead atoms. The minimum absolute atomic E-state index is 0.196. The number of halogens is 1. The highest BCUT2D eigenvalue weighted by Crippen LogP contribution is 2.16. The van der Waals surface area contributed by atoms with E-state index in [9.17, 15) is 4.39 Å². The van der Waals surface area contributed by atoms with Crippen LogP contribution in [0.15, 0.2) is 36.8 Å². The number of nitrogens with zero attached hydrogens (tertiary/aromatic N) is 2. The Morgan fingerprint density at radius 2 is 2.06 bits per heavy atom. The number of imidazole rings is 1. The van der Waals surface area contributed by atoms with Crippen LogP contribution in [0.5, 0.6) is 0 Å². The normalized spacial score (nSPS) is 12.6. The molecule has 1 unspecified atom stereocenters. The van der Waals surface area contributed by atoms with Crippen molar-refractivity contribution < 1.29 is 4.39 Å². The summed E-state index contributed by atoms with van der Waals surface area (Å²) in [7, 11) is 0. The number of nitrogens with two attached hydrogens (primary N) is 1. The highest BCUT2D eigenvalue weighted by Gasteiger charge is 2.09. The largest absolute Gasteiger partial charge is 0.331 e. The molecule has 0 aliphatic carbocycles. The van der Waals surface area contributed by atoms with E-state index in [1.54, 1.807) is 0 Å². The van der Waals surface area contributed by atoms with Crippen LogP contribution < -0.4 is 5.73 Å². The molecule has 0 spiro atoms. The molecule has 2 N–H and O–H groups in total. The van der Waals surface area contributed by atoms with E-state index >= 15 is 0 Å². The van der Waals surface area contributed by atoms with Gasteiger partial charge in [-0.05, 0) is 37.6 Å². The Labute approximate surface area is 106 Å². The van der Waals surface area contributed by atoms with Gasteiger partial charge in [-0.3, -0.25) is 0 Å². The summed E-state index contributed by atoms with van der Waals surface area (Å²) in [6, 6.07) is 6.93. The van der Waals surface area contributed by atoms with Crippen molar-refractivity contribution in [2.75, 3.05) is 6.54 Å². The van der Waals surface area contributed by atoms with Gasteiger partial charge in [-0.25, -0.2) is 9.37 Å². The molecule has 0 aliphatic heterocycles. The molecular formula is C14H18FN3. The quantitative estimate of drug-likeness (QED) is 0.881. The molecule has 0 amide bonds. The third-order valence-electron chi connectivity index (χ3n) is 3.07. The fourth-order valence-electron chi connectivity index (χ4n) is 2.13. The summed E-state index contributed by atoms with van der Waals surface area (Å²) < 4.78 is 15.0. The van der Waals surface area contributed by atoms with Crippen LogP contribution in [0.3, 0.4) is 0 Å². The van der Waals surface area contributed by atoms with Crippen LogP contribution in [0.1, 0.15) is 24.2 Å². The Morgan fingerprint density at radius 3 is 2.72 bits per heavy atom. The summed E-state index contributed by atoms with van der Waals surface area (Å²) in [5.74, 6) is -0.196. The van der Waals surface area contributed by atoms with Gasteiger partial charge in [0.05, 0.1) is 6.33 Å². The maximum absolute atomic E-state index is 12.8. The van der Waals surface area contributed by atoms with Crippen molar-refractivity contribution in [1.29, 1.82) is 0 Å². The van der Waals surface area contributed by atoms with Crippen LogP contribution in [0.25, 0.3) is 0 Å². The predicted octanol–water partition coefficient (Wildman–Crippen LogP) is 2.33. The van der Waals surface area contributed by atoms with Crippen LogP contribution in [0, 0.1) is 5.82 Å². The Hall–Kier alpha value is -1.68. The maximum atomic E-state index is 12.8. The molecule has 96 valence electrons. The lowest BCUT2D eigenvalue weighted by atomic mass is 10.1. The Balaban J connectivity index is 2.09. The first kappa shape index (κ1) is 12.8. The first-order valence-corrected chi connectivity index (χ1v) is 6.16. The smallest absolute Gasteiger partial charge is 0.123 e. The van der Waals surface area contributed by atoms with Crippen molar-refractivity contribution in [2.24, 2.45) is 5.73 Å². The van der Waals surface area contributed by atoms with Gasteiger partial charge in [-0.2, -0.15) is 0 Å². The maximum Gasteiger partial charge on any atom is 0.123 e. The molecule has 0 saturated carbocycles. The van der Waals surface area contributed by atoms with Gasteiger partial charge < -0.3 is 10.3 Å². The van der Waals surface area contributed by atoms with E-state index in [0.717, 1.165) is 24.1 Å². The summed E-state index contributed by atoms with van der Waals surface area (Å²) in [5.41, 5.74) is 7.84. The van der Waals surface area contributed by atoms with Gasteiger partial charge in [0.25, 0.3) is 0 Å². The minimum Gasteiger partial charge on any atom is -0.331 e. The topological polar surface area (TPSA) is 43.8 Å². The molecule has 1 aromatic carbocycles. The van der Waals surface area contributed by atoms with Gasteiger partial charge in [0.2, 0.25) is 0 Å². The third-order valence-corrected chi connectivity index (χ3v) is 3.07. The van der Waals surface area contributed by atoms with Crippen molar-refractivity contribution in [3.63, 3.8) is 0 Å². The van der Waals surface area contributed by atoms with E-state index in [0.29, 0.717) is 12.6 Å². The number of hydrogen-bond donors (Lipinski definition) is 1. The summed E-state index contributed by atoms with van der Waals surface area (Å²) in [5, 5.41) is 0. The lowest BCUT2D eigenvalue weighted by Crippen LogP contribution is -2.13. The van der Waals surface area contributed by atoms with E-state index in [-0.39, 0.29) is 5.82 Å². The van der Waals surface area contributed by atoms with Gasteiger partial charge in [-0.15, -0.1) is 0 Å². The number of benzene rings is 1. The molecule has 1 aromatic heterocycles. The minimum atomic E-state index is -0.196. The molecule has 2 aromatic rings. The van der Waals surface area contributed by atoms with Gasteiger partial charge >= 0.3 is 0 Å². The molecule has 0 radical (unpaired) electrons. The lowest BCUT2D eigenvalue weighted by Gasteiger charge is -2.16. The molecule has 1 atom stereocenters. The van der Waals surface area contributed by atoms with Crippen LogP contribution in [0.2, 0.25) is 0 Å². The van der Waals surface area contributed by atoms with Crippen LogP contribution >= 0.6 is 0 Å². The van der Waals surface area contributed by atoms with Gasteiger partial charge in [0, 0.05) is 24.4 Å². The fraction of sp³-hybridized carbons (Fsp3) is 0.357. The summed E-state index contributed by atoms with van der Waals surface area (Å²) >= 11 is 0. The van der Waals surface area contributed by atoms with E-state index < -0.39 is 0 Å². The highest BCUT2D eigenvalue weighted by molar-refractivity contribution is 5.17. The zero-order valence-electron chi connectivity index (χ0n) is 10.5. The second-order valence-corrected chi connectivity index (χ2v) is 4.51. The second kappa shape index (κ2) is 5.78. The third kappa shape index (κ3) is 2.96. The van der Waals surface area contributed by atoms with Gasteiger partial charge in [-0.1, -0.05) is 12.1 Å². The molecule has 4 heteroatoms. The second-order valence-electron chi connectivity index (χ2n) is 4.51. The van der Waals surface area contributed by atoms with Gasteiger partial charge in [0.1, 0.15) is 5.82 Å². The average molecular weight is 247 g/mol. The van der Waals surface area contributed by atoms with Crippen molar-refractivity contribution in [2.45, 2.75) is 25.8 Å². The Bertz CT molecular complexity index is 490. The number of aromatic nitrogens is 2. The molecule has 0 aliphatic rings. The fourth-order valence-corrected chi connectivity index (χ4v) is 2.13. The zero-order valence-corrected chi connectivity index (χ0v) is 10.5. The predicted molar refractivity (Wildman–Crippen MR) is 69.8 cm³/mol. The first-order valence-electron chi connectivity index (χ1n) is 6.16. The molecule has 3 nitrogen and oxygen atoms in total. The van der Waals surface area contributed by atoms with Crippen molar-refractivity contribution >= 4 is 0 Å². The Kier molecular flexibility index (Phi) is 4.10. The first-order chi connectivity index (χ1) is 8.70. The molecule has 2 rings (SSSR count). The van der Waals surface area contributed by atoms with Crippen LogP contribution in [-0.2, 0) is 12.8 Å². The van der Waals surface area contributed by atoms with E-state index in [2.05, 4.69) is 16.5 Å². The van der Waals surface area contributed by atoms with Crippen LogP contribution in [0.4, 0.5) is 4.39 Å². The molecule has 1 heterocycles. The highest BCUT2D eigenvalue weighted by atomic mass is 19.1. The Morgan fingerprint density at radius 1 is 1.33 bits per heavy atom. The van der Waals surface area contributed by atoms with E-state index in [1.807, 2.05) is 24.7 Å². The van der Waals surface area contributed by atoms with Crippen molar-refractivity contribution in [3.05, 3.63) is 53.9 Å². The monoisotopic (exact) mass is 247 g/mol. The van der Waals surface area contributed by atoms with E-state index in [1.165, 1.54) is 12.1 Å². The number of rotatable bonds is 5. The lowest BCUT2D eigenvalue weighted by molar-refractivity contribution is 0.523. The molecule has 0 fully saturated rings. The standard InChI is InChI=1S/C14H18FN3/c1-11(8-12-2-4-13(15)5-3-12)18-10-17-9-14(18)6-7-16/h2-5,9-11H,6-8,16H2,1H3.